The molecule has 6 heteroatoms. The molecule has 3 rings (SSSR count). The maximum absolute atomic E-state index is 12.5. The first-order valence-corrected chi connectivity index (χ1v) is 6.89. The zero-order valence-electron chi connectivity index (χ0n) is 11.5. The second kappa shape index (κ2) is 5.97. The normalized spacial score (nSPS) is 21.5. The number of carbonyl (C=O) groups excluding carboxylic acids is 1. The summed E-state index contributed by atoms with van der Waals surface area (Å²) in [5, 5.41) is 10.2. The van der Waals surface area contributed by atoms with E-state index in [9.17, 15) is 9.90 Å². The number of hydrogen-bond donors (Lipinski definition) is 1. The van der Waals surface area contributed by atoms with Crippen LogP contribution in [0.15, 0.2) is 43.1 Å². The third kappa shape index (κ3) is 2.90. The van der Waals surface area contributed by atoms with Gasteiger partial charge in [0.15, 0.2) is 0 Å². The van der Waals surface area contributed by atoms with Gasteiger partial charge in [-0.1, -0.05) is 6.07 Å². The van der Waals surface area contributed by atoms with Gasteiger partial charge in [0.1, 0.15) is 5.69 Å². The summed E-state index contributed by atoms with van der Waals surface area (Å²) in [7, 11) is 0. The zero-order chi connectivity index (χ0) is 14.7. The molecule has 0 bridgehead atoms. The second-order valence-corrected chi connectivity index (χ2v) is 5.08. The maximum Gasteiger partial charge on any atom is 0.274 e. The van der Waals surface area contributed by atoms with Crippen molar-refractivity contribution in [2.24, 2.45) is 0 Å². The van der Waals surface area contributed by atoms with E-state index < -0.39 is 6.10 Å². The predicted octanol–water partition coefficient (Wildman–Crippen LogP) is 0.690. The Balaban J connectivity index is 1.79. The topological polar surface area (TPSA) is 79.2 Å². The Kier molecular flexibility index (Phi) is 3.87. The van der Waals surface area contributed by atoms with Crippen LogP contribution in [-0.2, 0) is 6.42 Å². The fourth-order valence-electron chi connectivity index (χ4n) is 2.65. The molecule has 2 aromatic rings. The van der Waals surface area contributed by atoms with Gasteiger partial charge in [0, 0.05) is 31.3 Å². The molecule has 1 N–H and O–H groups in total. The fraction of sp³-hybridized carbons (Fsp3) is 0.333. The van der Waals surface area contributed by atoms with Gasteiger partial charge in [0.2, 0.25) is 0 Å². The highest BCUT2D eigenvalue weighted by atomic mass is 16.3. The van der Waals surface area contributed by atoms with E-state index in [1.54, 1.807) is 17.3 Å². The number of amides is 1. The van der Waals surface area contributed by atoms with Gasteiger partial charge in [-0.2, -0.15) is 0 Å². The lowest BCUT2D eigenvalue weighted by molar-refractivity contribution is 0.0634. The van der Waals surface area contributed by atoms with Crippen LogP contribution in [-0.4, -0.2) is 49.6 Å². The minimum absolute atomic E-state index is 0.187. The third-order valence-electron chi connectivity index (χ3n) is 3.72. The Bertz CT molecular complexity index is 606. The highest BCUT2D eigenvalue weighted by molar-refractivity contribution is 5.92. The van der Waals surface area contributed by atoms with E-state index >= 15 is 0 Å². The molecule has 0 radical (unpaired) electrons. The fourth-order valence-corrected chi connectivity index (χ4v) is 2.65. The Labute approximate surface area is 122 Å². The summed E-state index contributed by atoms with van der Waals surface area (Å²) >= 11 is 0. The summed E-state index contributed by atoms with van der Waals surface area (Å²) in [4.78, 5) is 26.2. The van der Waals surface area contributed by atoms with E-state index in [4.69, 9.17) is 0 Å². The van der Waals surface area contributed by atoms with Gasteiger partial charge in [-0.15, -0.1) is 0 Å². The quantitative estimate of drug-likeness (QED) is 0.897. The van der Waals surface area contributed by atoms with E-state index in [-0.39, 0.29) is 11.9 Å². The van der Waals surface area contributed by atoms with Gasteiger partial charge in [-0.05, 0) is 24.5 Å². The van der Waals surface area contributed by atoms with E-state index in [1.165, 1.54) is 18.6 Å². The van der Waals surface area contributed by atoms with Crippen molar-refractivity contribution in [3.63, 3.8) is 0 Å². The van der Waals surface area contributed by atoms with Crippen molar-refractivity contribution in [1.82, 2.24) is 19.9 Å². The average molecular weight is 284 g/mol. The van der Waals surface area contributed by atoms with Gasteiger partial charge >= 0.3 is 0 Å². The van der Waals surface area contributed by atoms with Crippen molar-refractivity contribution < 1.29 is 9.90 Å². The first-order valence-electron chi connectivity index (χ1n) is 6.89. The molecule has 1 aliphatic heterocycles. The number of nitrogens with zero attached hydrogens (tertiary/aromatic N) is 4. The molecule has 2 atom stereocenters. The van der Waals surface area contributed by atoms with Crippen LogP contribution in [0.2, 0.25) is 0 Å². The minimum atomic E-state index is -0.522. The molecular weight excluding hydrogens is 268 g/mol. The lowest BCUT2D eigenvalue weighted by Gasteiger charge is -2.26. The molecule has 1 amide bonds. The Morgan fingerprint density at radius 3 is 2.86 bits per heavy atom. The summed E-state index contributed by atoms with van der Waals surface area (Å²) in [5.41, 5.74) is 1.31. The van der Waals surface area contributed by atoms with Crippen LogP contribution < -0.4 is 0 Å². The molecule has 108 valence electrons. The lowest BCUT2D eigenvalue weighted by atomic mass is 10.0. The van der Waals surface area contributed by atoms with Crippen LogP contribution in [0.3, 0.4) is 0 Å². The zero-order valence-corrected chi connectivity index (χ0v) is 11.5. The molecule has 3 heterocycles. The number of pyridine rings is 1. The smallest absolute Gasteiger partial charge is 0.274 e. The first kappa shape index (κ1) is 13.6. The number of aromatic nitrogens is 3. The SMILES string of the molecule is O=C(c1cnccn1)N1CC[C@H](O)[C@H]1Cc1cccnc1. The molecule has 1 fully saturated rings. The first-order chi connectivity index (χ1) is 10.3. The molecular formula is C15H16N4O2. The summed E-state index contributed by atoms with van der Waals surface area (Å²) < 4.78 is 0. The number of rotatable bonds is 3. The molecule has 21 heavy (non-hydrogen) atoms. The molecule has 0 spiro atoms. The molecule has 6 nitrogen and oxygen atoms in total. The number of likely N-dealkylation sites (tertiary alicyclic amines) is 1. The number of hydrogen-bond acceptors (Lipinski definition) is 5. The largest absolute Gasteiger partial charge is 0.391 e. The Morgan fingerprint density at radius 2 is 2.14 bits per heavy atom. The monoisotopic (exact) mass is 284 g/mol. The predicted molar refractivity (Wildman–Crippen MR) is 75.4 cm³/mol. The van der Waals surface area contributed by atoms with Crippen molar-refractivity contribution in [3.8, 4) is 0 Å². The van der Waals surface area contributed by atoms with E-state index in [2.05, 4.69) is 15.0 Å². The number of carbonyl (C=O) groups is 1. The Morgan fingerprint density at radius 1 is 1.29 bits per heavy atom. The number of aliphatic hydroxyl groups is 1. The van der Waals surface area contributed by atoms with Gasteiger partial charge in [0.05, 0.1) is 18.3 Å². The lowest BCUT2D eigenvalue weighted by Crippen LogP contribution is -2.41. The third-order valence-corrected chi connectivity index (χ3v) is 3.72. The Hall–Kier alpha value is -2.34. The van der Waals surface area contributed by atoms with Crippen LogP contribution >= 0.6 is 0 Å². The van der Waals surface area contributed by atoms with Gasteiger partial charge in [-0.25, -0.2) is 4.98 Å². The van der Waals surface area contributed by atoms with Gasteiger partial charge in [0.25, 0.3) is 5.91 Å². The van der Waals surface area contributed by atoms with Crippen LogP contribution in [0.4, 0.5) is 0 Å². The van der Waals surface area contributed by atoms with E-state index in [1.807, 2.05) is 12.1 Å². The molecule has 1 aliphatic rings. The summed E-state index contributed by atoms with van der Waals surface area (Å²) in [6.07, 6.45) is 8.59. The van der Waals surface area contributed by atoms with Crippen molar-refractivity contribution in [3.05, 3.63) is 54.4 Å². The minimum Gasteiger partial charge on any atom is -0.391 e. The molecule has 0 unspecified atom stereocenters. The van der Waals surface area contributed by atoms with E-state index in [0.29, 0.717) is 25.1 Å². The second-order valence-electron chi connectivity index (χ2n) is 5.08. The molecule has 2 aromatic heterocycles. The van der Waals surface area contributed by atoms with Crippen LogP contribution in [0.5, 0.6) is 0 Å². The standard InChI is InChI=1S/C15H16N4O2/c20-14-3-7-19(15(21)12-10-17-5-6-18-12)13(14)8-11-2-1-4-16-9-11/h1-2,4-6,9-10,13-14,20H,3,7-8H2/t13-,14+/m1/s1. The van der Waals surface area contributed by atoms with Crippen molar-refractivity contribution in [2.45, 2.75) is 25.0 Å². The van der Waals surface area contributed by atoms with Gasteiger partial charge in [-0.3, -0.25) is 14.8 Å². The highest BCUT2D eigenvalue weighted by Crippen LogP contribution is 2.23. The molecule has 0 saturated carbocycles. The van der Waals surface area contributed by atoms with Crippen molar-refractivity contribution in [1.29, 1.82) is 0 Å². The van der Waals surface area contributed by atoms with Crippen LogP contribution in [0.25, 0.3) is 0 Å². The van der Waals surface area contributed by atoms with Crippen molar-refractivity contribution in [2.75, 3.05) is 6.54 Å². The summed E-state index contributed by atoms with van der Waals surface area (Å²) in [5.74, 6) is -0.187. The maximum atomic E-state index is 12.5. The molecule has 1 saturated heterocycles. The summed E-state index contributed by atoms with van der Waals surface area (Å²) in [6.45, 7) is 0.529. The summed E-state index contributed by atoms with van der Waals surface area (Å²) in [6, 6.07) is 3.55. The van der Waals surface area contributed by atoms with E-state index in [0.717, 1.165) is 5.56 Å². The average Bonchev–Trinajstić information content (AvgIpc) is 2.90. The number of aliphatic hydroxyl groups excluding tert-OH is 1. The molecule has 0 aromatic carbocycles. The van der Waals surface area contributed by atoms with Crippen LogP contribution in [0.1, 0.15) is 22.5 Å². The van der Waals surface area contributed by atoms with Crippen LogP contribution in [0, 0.1) is 0 Å². The van der Waals surface area contributed by atoms with Crippen molar-refractivity contribution >= 4 is 5.91 Å². The molecule has 0 aliphatic carbocycles. The highest BCUT2D eigenvalue weighted by Gasteiger charge is 2.36. The van der Waals surface area contributed by atoms with Gasteiger partial charge < -0.3 is 10.0 Å².